The molecule has 0 spiro atoms. The summed E-state index contributed by atoms with van der Waals surface area (Å²) < 4.78 is 5.96. The fourth-order valence-corrected chi connectivity index (χ4v) is 2.73. The molecule has 0 saturated carbocycles. The van der Waals surface area contributed by atoms with Gasteiger partial charge in [0.05, 0.1) is 5.56 Å². The molecule has 3 aromatic rings. The van der Waals surface area contributed by atoms with E-state index in [2.05, 4.69) is 17.4 Å². The zero-order valence-corrected chi connectivity index (χ0v) is 11.2. The molecule has 0 radical (unpaired) electrons. The maximum atomic E-state index is 12.2. The van der Waals surface area contributed by atoms with Crippen LogP contribution in [0.4, 0.5) is 0 Å². The van der Waals surface area contributed by atoms with Crippen LogP contribution in [0.1, 0.15) is 22.1 Å². The molecular formula is C18H13NO2. The summed E-state index contributed by atoms with van der Waals surface area (Å²) in [5, 5.41) is 5.14. The van der Waals surface area contributed by atoms with Crippen molar-refractivity contribution in [3.05, 3.63) is 77.9 Å². The highest BCUT2D eigenvalue weighted by Crippen LogP contribution is 2.31. The first-order valence-electron chi connectivity index (χ1n) is 6.87. The van der Waals surface area contributed by atoms with Crippen molar-refractivity contribution in [1.82, 2.24) is 5.32 Å². The summed E-state index contributed by atoms with van der Waals surface area (Å²) in [6.07, 6.45) is -0.460. The van der Waals surface area contributed by atoms with Crippen molar-refractivity contribution in [2.24, 2.45) is 0 Å². The number of hydrogen-bond donors (Lipinski definition) is 1. The third-order valence-corrected chi connectivity index (χ3v) is 3.74. The van der Waals surface area contributed by atoms with Gasteiger partial charge in [0.15, 0.2) is 6.23 Å². The normalized spacial score (nSPS) is 17.0. The lowest BCUT2D eigenvalue weighted by atomic mass is 10.0. The molecule has 3 heteroatoms. The van der Waals surface area contributed by atoms with Gasteiger partial charge in [-0.1, -0.05) is 54.6 Å². The Bertz CT molecular complexity index is 836. The summed E-state index contributed by atoms with van der Waals surface area (Å²) in [4.78, 5) is 12.2. The predicted octanol–water partition coefficient (Wildman–Crippen LogP) is 3.66. The van der Waals surface area contributed by atoms with Crippen LogP contribution in [0.2, 0.25) is 0 Å². The molecule has 3 nitrogen and oxygen atoms in total. The molecule has 0 saturated heterocycles. The van der Waals surface area contributed by atoms with Gasteiger partial charge in [0.1, 0.15) is 5.75 Å². The lowest BCUT2D eigenvalue weighted by Gasteiger charge is -2.27. The van der Waals surface area contributed by atoms with E-state index in [9.17, 15) is 4.79 Å². The summed E-state index contributed by atoms with van der Waals surface area (Å²) in [5.74, 6) is 0.522. The molecule has 21 heavy (non-hydrogen) atoms. The Morgan fingerprint density at radius 2 is 1.62 bits per heavy atom. The van der Waals surface area contributed by atoms with E-state index in [0.29, 0.717) is 11.3 Å². The van der Waals surface area contributed by atoms with Gasteiger partial charge in [-0.2, -0.15) is 0 Å². The summed E-state index contributed by atoms with van der Waals surface area (Å²) in [7, 11) is 0. The van der Waals surface area contributed by atoms with Crippen LogP contribution in [0, 0.1) is 0 Å². The van der Waals surface area contributed by atoms with E-state index in [0.717, 1.165) is 16.3 Å². The number of amides is 1. The lowest BCUT2D eigenvalue weighted by Crippen LogP contribution is -2.36. The van der Waals surface area contributed by atoms with E-state index in [4.69, 9.17) is 4.74 Å². The molecule has 1 amide bonds. The highest BCUT2D eigenvalue weighted by Gasteiger charge is 2.27. The van der Waals surface area contributed by atoms with Crippen LogP contribution in [0.25, 0.3) is 10.8 Å². The van der Waals surface area contributed by atoms with Crippen molar-refractivity contribution >= 4 is 16.7 Å². The van der Waals surface area contributed by atoms with Crippen LogP contribution < -0.4 is 10.1 Å². The van der Waals surface area contributed by atoms with Gasteiger partial charge in [0.25, 0.3) is 5.91 Å². The fourth-order valence-electron chi connectivity index (χ4n) is 2.73. The van der Waals surface area contributed by atoms with Gasteiger partial charge in [-0.3, -0.25) is 4.79 Å². The first kappa shape index (κ1) is 12.0. The third kappa shape index (κ3) is 1.94. The lowest BCUT2D eigenvalue weighted by molar-refractivity contribution is 0.0759. The quantitative estimate of drug-likeness (QED) is 0.736. The summed E-state index contributed by atoms with van der Waals surface area (Å²) in [5.41, 5.74) is 1.55. The molecule has 1 atom stereocenters. The van der Waals surface area contributed by atoms with Crippen LogP contribution in [-0.4, -0.2) is 5.91 Å². The van der Waals surface area contributed by atoms with Crippen LogP contribution in [0.5, 0.6) is 5.75 Å². The Morgan fingerprint density at radius 1 is 0.857 bits per heavy atom. The van der Waals surface area contributed by atoms with Gasteiger partial charge in [0, 0.05) is 5.56 Å². The highest BCUT2D eigenvalue weighted by molar-refractivity contribution is 5.98. The van der Waals surface area contributed by atoms with Gasteiger partial charge in [-0.25, -0.2) is 0 Å². The zero-order chi connectivity index (χ0) is 14.2. The predicted molar refractivity (Wildman–Crippen MR) is 81.2 cm³/mol. The Morgan fingerprint density at radius 3 is 2.57 bits per heavy atom. The molecule has 1 aliphatic heterocycles. The smallest absolute Gasteiger partial charge is 0.258 e. The molecule has 3 aromatic carbocycles. The Balaban J connectivity index is 1.83. The molecule has 1 N–H and O–H groups in total. The molecule has 102 valence electrons. The molecule has 0 unspecified atom stereocenters. The van der Waals surface area contributed by atoms with E-state index in [1.54, 1.807) is 6.07 Å². The van der Waals surface area contributed by atoms with Crippen molar-refractivity contribution in [1.29, 1.82) is 0 Å². The maximum Gasteiger partial charge on any atom is 0.258 e. The molecular weight excluding hydrogens is 262 g/mol. The molecule has 4 rings (SSSR count). The monoisotopic (exact) mass is 275 g/mol. The van der Waals surface area contributed by atoms with Crippen molar-refractivity contribution in [3.63, 3.8) is 0 Å². The molecule has 1 heterocycles. The first-order chi connectivity index (χ1) is 10.3. The molecule has 0 aliphatic carbocycles. The van der Waals surface area contributed by atoms with Crippen molar-refractivity contribution < 1.29 is 9.53 Å². The molecule has 0 fully saturated rings. The van der Waals surface area contributed by atoms with Gasteiger partial charge in [-0.05, 0) is 22.9 Å². The molecule has 0 aromatic heterocycles. The second-order valence-corrected chi connectivity index (χ2v) is 5.04. The van der Waals surface area contributed by atoms with Gasteiger partial charge >= 0.3 is 0 Å². The number of hydrogen-bond acceptors (Lipinski definition) is 2. The Hall–Kier alpha value is -2.81. The molecule has 0 bridgehead atoms. The van der Waals surface area contributed by atoms with Gasteiger partial charge in [-0.15, -0.1) is 0 Å². The number of carbonyl (C=O) groups excluding carboxylic acids is 1. The van der Waals surface area contributed by atoms with E-state index in [1.165, 1.54) is 0 Å². The second kappa shape index (κ2) is 4.63. The van der Waals surface area contributed by atoms with Crippen LogP contribution in [0.3, 0.4) is 0 Å². The number of nitrogens with one attached hydrogen (secondary N) is 1. The van der Waals surface area contributed by atoms with E-state index in [1.807, 2.05) is 48.5 Å². The average Bonchev–Trinajstić information content (AvgIpc) is 2.54. The van der Waals surface area contributed by atoms with Gasteiger partial charge in [0.2, 0.25) is 0 Å². The number of carbonyl (C=O) groups is 1. The van der Waals surface area contributed by atoms with Crippen molar-refractivity contribution in [3.8, 4) is 5.75 Å². The molecule has 1 aliphatic rings. The zero-order valence-electron chi connectivity index (χ0n) is 11.2. The maximum absolute atomic E-state index is 12.2. The van der Waals surface area contributed by atoms with E-state index >= 15 is 0 Å². The summed E-state index contributed by atoms with van der Waals surface area (Å²) in [6.45, 7) is 0. The Kier molecular flexibility index (Phi) is 2.64. The fraction of sp³-hybridized carbons (Fsp3) is 0.0556. The Labute approximate surface area is 122 Å². The number of para-hydroxylation sites is 1. The van der Waals surface area contributed by atoms with Crippen LogP contribution >= 0.6 is 0 Å². The average molecular weight is 275 g/mol. The van der Waals surface area contributed by atoms with E-state index in [-0.39, 0.29) is 5.91 Å². The van der Waals surface area contributed by atoms with Crippen molar-refractivity contribution in [2.45, 2.75) is 6.23 Å². The largest absolute Gasteiger partial charge is 0.466 e. The van der Waals surface area contributed by atoms with Crippen LogP contribution in [-0.2, 0) is 0 Å². The standard InChI is InChI=1S/C18H13NO2/c20-17-15-9-3-4-11-16(15)21-18(19-17)14-10-5-7-12-6-1-2-8-13(12)14/h1-11,18H,(H,19,20)/t18-/m1/s1. The minimum Gasteiger partial charge on any atom is -0.466 e. The third-order valence-electron chi connectivity index (χ3n) is 3.74. The topological polar surface area (TPSA) is 38.3 Å². The minimum atomic E-state index is -0.460. The van der Waals surface area contributed by atoms with E-state index < -0.39 is 6.23 Å². The SMILES string of the molecule is O=C1N[C@@H](c2cccc3ccccc23)Oc2ccccc21. The summed E-state index contributed by atoms with van der Waals surface area (Å²) in [6, 6.07) is 21.4. The number of rotatable bonds is 1. The van der Waals surface area contributed by atoms with Crippen LogP contribution in [0.15, 0.2) is 66.7 Å². The van der Waals surface area contributed by atoms with Gasteiger partial charge < -0.3 is 10.1 Å². The number of ether oxygens (including phenoxy) is 1. The number of fused-ring (bicyclic) bond motifs is 2. The minimum absolute atomic E-state index is 0.102. The summed E-state index contributed by atoms with van der Waals surface area (Å²) >= 11 is 0. The van der Waals surface area contributed by atoms with Crippen molar-refractivity contribution in [2.75, 3.05) is 0 Å². The highest BCUT2D eigenvalue weighted by atomic mass is 16.5. The second-order valence-electron chi connectivity index (χ2n) is 5.04. The first-order valence-corrected chi connectivity index (χ1v) is 6.87. The number of benzene rings is 3.